The summed E-state index contributed by atoms with van der Waals surface area (Å²) < 4.78 is 5.43. The van der Waals surface area contributed by atoms with Gasteiger partial charge in [-0.3, -0.25) is 4.79 Å². The van der Waals surface area contributed by atoms with E-state index in [0.717, 1.165) is 18.1 Å². The Morgan fingerprint density at radius 2 is 2.26 bits per heavy atom. The Balaban J connectivity index is 1.74. The quantitative estimate of drug-likeness (QED) is 0.592. The molecule has 1 amide bonds. The highest BCUT2D eigenvalue weighted by molar-refractivity contribution is 7.80. The summed E-state index contributed by atoms with van der Waals surface area (Å²) in [6.45, 7) is 1.25. The van der Waals surface area contributed by atoms with Crippen molar-refractivity contribution in [3.63, 3.8) is 0 Å². The van der Waals surface area contributed by atoms with E-state index in [1.54, 1.807) is 6.07 Å². The molecule has 0 aliphatic heterocycles. The largest absolute Gasteiger partial charge is 0.389 e. The van der Waals surface area contributed by atoms with Gasteiger partial charge < -0.3 is 15.8 Å². The Morgan fingerprint density at radius 1 is 1.47 bits per heavy atom. The van der Waals surface area contributed by atoms with Gasteiger partial charge in [-0.2, -0.15) is 0 Å². The number of ether oxygens (including phenoxy) is 1. The minimum Gasteiger partial charge on any atom is -0.389 e. The van der Waals surface area contributed by atoms with Crippen molar-refractivity contribution in [1.29, 1.82) is 0 Å². The molecule has 0 aromatic heterocycles. The molecule has 1 aromatic carbocycles. The molecule has 2 rings (SSSR count). The van der Waals surface area contributed by atoms with Crippen LogP contribution in [0, 0.1) is 5.92 Å². The van der Waals surface area contributed by atoms with Gasteiger partial charge in [0, 0.05) is 17.9 Å². The van der Waals surface area contributed by atoms with Crippen LogP contribution in [0.4, 0.5) is 5.69 Å². The van der Waals surface area contributed by atoms with Crippen molar-refractivity contribution in [2.75, 3.05) is 18.5 Å². The number of anilines is 1. The van der Waals surface area contributed by atoms with Gasteiger partial charge >= 0.3 is 0 Å². The number of nitrogens with one attached hydrogen (secondary N) is 1. The van der Waals surface area contributed by atoms with Crippen LogP contribution in [0.3, 0.4) is 0 Å². The highest BCUT2D eigenvalue weighted by atomic mass is 32.1. The SMILES string of the molecule is NC(=S)c1cccc(NC(=O)CCOCC2CC2)c1. The van der Waals surface area contributed by atoms with Gasteiger partial charge in [-0.05, 0) is 30.9 Å². The van der Waals surface area contributed by atoms with Crippen LogP contribution in [0.25, 0.3) is 0 Å². The molecule has 1 saturated carbocycles. The van der Waals surface area contributed by atoms with Crippen molar-refractivity contribution in [2.45, 2.75) is 19.3 Å². The second-order valence-electron chi connectivity index (χ2n) is 4.76. The molecule has 1 aliphatic rings. The third kappa shape index (κ3) is 4.96. The zero-order valence-electron chi connectivity index (χ0n) is 10.7. The Labute approximate surface area is 118 Å². The van der Waals surface area contributed by atoms with Gasteiger partial charge in [-0.25, -0.2) is 0 Å². The lowest BCUT2D eigenvalue weighted by atomic mass is 10.2. The van der Waals surface area contributed by atoms with Crippen molar-refractivity contribution < 1.29 is 9.53 Å². The van der Waals surface area contributed by atoms with Crippen LogP contribution in [0.2, 0.25) is 0 Å². The van der Waals surface area contributed by atoms with Crippen LogP contribution in [0.5, 0.6) is 0 Å². The predicted molar refractivity (Wildman–Crippen MR) is 79.1 cm³/mol. The Hall–Kier alpha value is -1.46. The van der Waals surface area contributed by atoms with Crippen LogP contribution in [-0.2, 0) is 9.53 Å². The van der Waals surface area contributed by atoms with Crippen molar-refractivity contribution in [2.24, 2.45) is 11.7 Å². The zero-order chi connectivity index (χ0) is 13.7. The van der Waals surface area contributed by atoms with Crippen molar-refractivity contribution in [3.8, 4) is 0 Å². The predicted octanol–water partition coefficient (Wildman–Crippen LogP) is 2.08. The van der Waals surface area contributed by atoms with Gasteiger partial charge in [0.2, 0.25) is 5.91 Å². The van der Waals surface area contributed by atoms with Crippen molar-refractivity contribution in [1.82, 2.24) is 0 Å². The van der Waals surface area contributed by atoms with Gasteiger partial charge in [0.05, 0.1) is 13.0 Å². The third-order valence-electron chi connectivity index (χ3n) is 2.95. The molecule has 3 N–H and O–H groups in total. The monoisotopic (exact) mass is 278 g/mol. The first kappa shape index (κ1) is 14.0. The summed E-state index contributed by atoms with van der Waals surface area (Å²) in [5.41, 5.74) is 7.00. The van der Waals surface area contributed by atoms with Crippen LogP contribution in [0.1, 0.15) is 24.8 Å². The number of amides is 1. The Morgan fingerprint density at radius 3 is 2.95 bits per heavy atom. The molecule has 0 bridgehead atoms. The number of thiocarbonyl (C=S) groups is 1. The molecule has 1 aromatic rings. The van der Waals surface area contributed by atoms with E-state index in [0.29, 0.717) is 23.7 Å². The maximum Gasteiger partial charge on any atom is 0.226 e. The van der Waals surface area contributed by atoms with Crippen LogP contribution >= 0.6 is 12.2 Å². The second kappa shape index (κ2) is 6.63. The second-order valence-corrected chi connectivity index (χ2v) is 5.20. The van der Waals surface area contributed by atoms with Crippen LogP contribution in [0.15, 0.2) is 24.3 Å². The lowest BCUT2D eigenvalue weighted by Crippen LogP contribution is -2.15. The van der Waals surface area contributed by atoms with E-state index in [9.17, 15) is 4.79 Å². The Kier molecular flexibility index (Phi) is 4.87. The number of carbonyl (C=O) groups is 1. The molecule has 102 valence electrons. The van der Waals surface area contributed by atoms with Gasteiger partial charge in [0.1, 0.15) is 4.99 Å². The molecule has 0 heterocycles. The highest BCUT2D eigenvalue weighted by Gasteiger charge is 2.21. The summed E-state index contributed by atoms with van der Waals surface area (Å²) in [7, 11) is 0. The molecular formula is C14H18N2O2S. The molecule has 0 atom stereocenters. The number of nitrogens with two attached hydrogens (primary N) is 1. The number of carbonyl (C=O) groups excluding carboxylic acids is 1. The number of hydrogen-bond donors (Lipinski definition) is 2. The minimum atomic E-state index is -0.0594. The number of rotatable bonds is 7. The molecule has 1 fully saturated rings. The van der Waals surface area contributed by atoms with Crippen LogP contribution < -0.4 is 11.1 Å². The molecule has 5 heteroatoms. The highest BCUT2D eigenvalue weighted by Crippen LogP contribution is 2.28. The molecule has 19 heavy (non-hydrogen) atoms. The first-order valence-electron chi connectivity index (χ1n) is 6.42. The molecule has 0 spiro atoms. The van der Waals surface area contributed by atoms with Gasteiger partial charge in [0.25, 0.3) is 0 Å². The number of hydrogen-bond acceptors (Lipinski definition) is 3. The lowest BCUT2D eigenvalue weighted by Gasteiger charge is -2.07. The standard InChI is InChI=1S/C14H18N2O2S/c15-14(19)11-2-1-3-12(8-11)16-13(17)6-7-18-9-10-4-5-10/h1-3,8,10H,4-7,9H2,(H2,15,19)(H,16,17). The summed E-state index contributed by atoms with van der Waals surface area (Å²) in [6, 6.07) is 7.21. The molecule has 4 nitrogen and oxygen atoms in total. The lowest BCUT2D eigenvalue weighted by molar-refractivity contribution is -0.117. The first-order chi connectivity index (χ1) is 9.15. The molecule has 1 aliphatic carbocycles. The average Bonchev–Trinajstić information content (AvgIpc) is 3.19. The maximum absolute atomic E-state index is 11.7. The smallest absolute Gasteiger partial charge is 0.226 e. The van der Waals surface area contributed by atoms with E-state index >= 15 is 0 Å². The van der Waals surface area contributed by atoms with Gasteiger partial charge in [-0.1, -0.05) is 24.4 Å². The van der Waals surface area contributed by atoms with Crippen molar-refractivity contribution >= 4 is 28.8 Å². The van der Waals surface area contributed by atoms with Gasteiger partial charge in [0.15, 0.2) is 0 Å². The van der Waals surface area contributed by atoms with Crippen LogP contribution in [-0.4, -0.2) is 24.1 Å². The molecule has 0 radical (unpaired) electrons. The summed E-state index contributed by atoms with van der Waals surface area (Å²) in [4.78, 5) is 12.0. The topological polar surface area (TPSA) is 64.3 Å². The zero-order valence-corrected chi connectivity index (χ0v) is 11.5. The Bertz CT molecular complexity index is 472. The van der Waals surface area contributed by atoms with E-state index in [2.05, 4.69) is 5.32 Å². The summed E-state index contributed by atoms with van der Waals surface area (Å²) in [5.74, 6) is 0.668. The van der Waals surface area contributed by atoms with Crippen molar-refractivity contribution in [3.05, 3.63) is 29.8 Å². The van der Waals surface area contributed by atoms with E-state index < -0.39 is 0 Å². The van der Waals surface area contributed by atoms with E-state index in [4.69, 9.17) is 22.7 Å². The normalized spacial score (nSPS) is 14.1. The fourth-order valence-electron chi connectivity index (χ4n) is 1.67. The van der Waals surface area contributed by atoms with E-state index in [1.807, 2.05) is 18.2 Å². The van der Waals surface area contributed by atoms with E-state index in [-0.39, 0.29) is 5.91 Å². The molecule has 0 unspecified atom stereocenters. The van der Waals surface area contributed by atoms with Gasteiger partial charge in [-0.15, -0.1) is 0 Å². The minimum absolute atomic E-state index is 0.0594. The maximum atomic E-state index is 11.7. The molecular weight excluding hydrogens is 260 g/mol. The number of benzene rings is 1. The average molecular weight is 278 g/mol. The third-order valence-corrected chi connectivity index (χ3v) is 3.19. The van der Waals surface area contributed by atoms with E-state index in [1.165, 1.54) is 12.8 Å². The summed E-state index contributed by atoms with van der Waals surface area (Å²) in [6.07, 6.45) is 2.89. The fraction of sp³-hybridized carbons (Fsp3) is 0.429. The summed E-state index contributed by atoms with van der Waals surface area (Å²) in [5, 5.41) is 2.81. The fourth-order valence-corrected chi connectivity index (χ4v) is 1.80. The summed E-state index contributed by atoms with van der Waals surface area (Å²) >= 11 is 4.90. The first-order valence-corrected chi connectivity index (χ1v) is 6.83. The molecule has 0 saturated heterocycles.